The molecule has 0 aromatic carbocycles. The van der Waals surface area contributed by atoms with Gasteiger partial charge in [0.25, 0.3) is 0 Å². The average molecular weight is 223 g/mol. The molecule has 16 heavy (non-hydrogen) atoms. The van der Waals surface area contributed by atoms with E-state index in [-0.39, 0.29) is 6.42 Å². The summed E-state index contributed by atoms with van der Waals surface area (Å²) in [6.07, 6.45) is 2.87. The second-order valence-corrected chi connectivity index (χ2v) is 3.83. The molecule has 2 atom stereocenters. The van der Waals surface area contributed by atoms with Crippen LogP contribution in [0.25, 0.3) is 0 Å². The summed E-state index contributed by atoms with van der Waals surface area (Å²) in [5, 5.41) is 8.67. The Morgan fingerprint density at radius 3 is 2.94 bits per heavy atom. The molecule has 2 heterocycles. The highest BCUT2D eigenvalue weighted by atomic mass is 16.7. The molecule has 0 aliphatic carbocycles. The number of nitrogens with zero attached hydrogens (tertiary/aromatic N) is 1. The average Bonchev–Trinajstić information content (AvgIpc) is 2.62. The lowest BCUT2D eigenvalue weighted by Crippen LogP contribution is -2.24. The summed E-state index contributed by atoms with van der Waals surface area (Å²) in [4.78, 5) is 14.5. The minimum Gasteiger partial charge on any atom is -0.481 e. The maximum atomic E-state index is 10.6. The van der Waals surface area contributed by atoms with Crippen LogP contribution in [0.1, 0.15) is 18.9 Å². The van der Waals surface area contributed by atoms with Crippen LogP contribution >= 0.6 is 0 Å². The summed E-state index contributed by atoms with van der Waals surface area (Å²) in [6, 6.07) is 3.59. The Kier molecular flexibility index (Phi) is 2.89. The SMILES string of the molecule is CC1(c2ccncc2)OCC(CC(=O)O)O1. The number of aliphatic carboxylic acids is 1. The van der Waals surface area contributed by atoms with Gasteiger partial charge in [-0.2, -0.15) is 0 Å². The van der Waals surface area contributed by atoms with Crippen molar-refractivity contribution in [2.45, 2.75) is 25.2 Å². The zero-order valence-corrected chi connectivity index (χ0v) is 8.92. The Hall–Kier alpha value is -1.46. The molecule has 1 saturated heterocycles. The van der Waals surface area contributed by atoms with Crippen molar-refractivity contribution in [3.05, 3.63) is 30.1 Å². The predicted molar refractivity (Wildman–Crippen MR) is 54.7 cm³/mol. The molecule has 0 radical (unpaired) electrons. The van der Waals surface area contributed by atoms with Gasteiger partial charge >= 0.3 is 5.97 Å². The van der Waals surface area contributed by atoms with Crippen molar-refractivity contribution in [2.75, 3.05) is 6.61 Å². The third-order valence-corrected chi connectivity index (χ3v) is 2.54. The number of rotatable bonds is 3. The van der Waals surface area contributed by atoms with Crippen LogP contribution in [0.3, 0.4) is 0 Å². The number of aromatic nitrogens is 1. The molecule has 2 rings (SSSR count). The van der Waals surface area contributed by atoms with Gasteiger partial charge in [0.2, 0.25) is 0 Å². The maximum absolute atomic E-state index is 10.6. The highest BCUT2D eigenvalue weighted by Gasteiger charge is 2.39. The van der Waals surface area contributed by atoms with Crippen molar-refractivity contribution in [1.29, 1.82) is 0 Å². The Labute approximate surface area is 93.0 Å². The van der Waals surface area contributed by atoms with Crippen LogP contribution in [-0.2, 0) is 20.1 Å². The third-order valence-electron chi connectivity index (χ3n) is 2.54. The molecule has 1 fully saturated rings. The summed E-state index contributed by atoms with van der Waals surface area (Å²) in [5.74, 6) is -1.74. The fourth-order valence-electron chi connectivity index (χ4n) is 1.74. The second-order valence-electron chi connectivity index (χ2n) is 3.83. The predicted octanol–water partition coefficient (Wildman–Crippen LogP) is 1.14. The molecular formula is C11H13NO4. The first-order valence-electron chi connectivity index (χ1n) is 5.04. The van der Waals surface area contributed by atoms with E-state index in [9.17, 15) is 4.79 Å². The zero-order valence-electron chi connectivity index (χ0n) is 8.92. The first-order chi connectivity index (χ1) is 7.60. The van der Waals surface area contributed by atoms with E-state index in [1.165, 1.54) is 0 Å². The van der Waals surface area contributed by atoms with Crippen molar-refractivity contribution in [1.82, 2.24) is 4.98 Å². The number of hydrogen-bond donors (Lipinski definition) is 1. The summed E-state index contributed by atoms with van der Waals surface area (Å²) < 4.78 is 11.1. The quantitative estimate of drug-likeness (QED) is 0.832. The number of pyridine rings is 1. The van der Waals surface area contributed by atoms with Crippen LogP contribution in [-0.4, -0.2) is 28.8 Å². The molecular weight excluding hydrogens is 210 g/mol. The maximum Gasteiger partial charge on any atom is 0.306 e. The zero-order chi connectivity index (χ0) is 11.6. The van der Waals surface area contributed by atoms with E-state index in [0.717, 1.165) is 5.56 Å². The van der Waals surface area contributed by atoms with Crippen molar-refractivity contribution in [3.8, 4) is 0 Å². The molecule has 0 bridgehead atoms. The molecule has 5 heteroatoms. The van der Waals surface area contributed by atoms with E-state index in [0.29, 0.717) is 6.61 Å². The van der Waals surface area contributed by atoms with Gasteiger partial charge < -0.3 is 14.6 Å². The highest BCUT2D eigenvalue weighted by Crippen LogP contribution is 2.34. The Morgan fingerprint density at radius 1 is 1.62 bits per heavy atom. The third kappa shape index (κ3) is 2.20. The molecule has 1 aromatic heterocycles. The van der Waals surface area contributed by atoms with E-state index in [4.69, 9.17) is 14.6 Å². The lowest BCUT2D eigenvalue weighted by molar-refractivity contribution is -0.166. The first kappa shape index (κ1) is 11.0. The molecule has 1 aliphatic heterocycles. The molecule has 0 spiro atoms. The van der Waals surface area contributed by atoms with Crippen molar-refractivity contribution >= 4 is 5.97 Å². The molecule has 1 aromatic rings. The number of hydrogen-bond acceptors (Lipinski definition) is 4. The molecule has 1 aliphatic rings. The molecule has 5 nitrogen and oxygen atoms in total. The Bertz CT molecular complexity index is 381. The second kappa shape index (κ2) is 4.19. The van der Waals surface area contributed by atoms with Crippen LogP contribution in [0.5, 0.6) is 0 Å². The summed E-state index contributed by atoms with van der Waals surface area (Å²) >= 11 is 0. The monoisotopic (exact) mass is 223 g/mol. The number of carboxylic acid groups (broad SMARTS) is 1. The van der Waals surface area contributed by atoms with Crippen LogP contribution in [0.15, 0.2) is 24.5 Å². The van der Waals surface area contributed by atoms with E-state index in [1.54, 1.807) is 31.5 Å². The van der Waals surface area contributed by atoms with Crippen LogP contribution in [0, 0.1) is 0 Å². The molecule has 0 saturated carbocycles. The molecule has 2 unspecified atom stereocenters. The van der Waals surface area contributed by atoms with Gasteiger partial charge in [0, 0.05) is 18.0 Å². The fraction of sp³-hybridized carbons (Fsp3) is 0.455. The van der Waals surface area contributed by atoms with Crippen LogP contribution in [0.2, 0.25) is 0 Å². The smallest absolute Gasteiger partial charge is 0.306 e. The standard InChI is InChI=1S/C11H13NO4/c1-11(8-2-4-12-5-3-8)15-7-9(16-11)6-10(13)14/h2-5,9H,6-7H2,1H3,(H,13,14). The van der Waals surface area contributed by atoms with E-state index >= 15 is 0 Å². The lowest BCUT2D eigenvalue weighted by atomic mass is 10.1. The Morgan fingerprint density at radius 2 is 2.31 bits per heavy atom. The van der Waals surface area contributed by atoms with Gasteiger partial charge in [-0.3, -0.25) is 9.78 Å². The normalized spacial score (nSPS) is 29.2. The van der Waals surface area contributed by atoms with E-state index < -0.39 is 17.9 Å². The highest BCUT2D eigenvalue weighted by molar-refractivity contribution is 5.67. The van der Waals surface area contributed by atoms with E-state index in [2.05, 4.69) is 4.98 Å². The van der Waals surface area contributed by atoms with Gasteiger partial charge in [0.05, 0.1) is 19.1 Å². The van der Waals surface area contributed by atoms with Crippen LogP contribution in [0.4, 0.5) is 0 Å². The first-order valence-corrected chi connectivity index (χ1v) is 5.04. The minimum absolute atomic E-state index is 0.0410. The number of carboxylic acids is 1. The van der Waals surface area contributed by atoms with Gasteiger partial charge in [0.15, 0.2) is 5.79 Å². The van der Waals surface area contributed by atoms with Gasteiger partial charge in [-0.1, -0.05) is 0 Å². The van der Waals surface area contributed by atoms with Gasteiger partial charge in [-0.25, -0.2) is 0 Å². The van der Waals surface area contributed by atoms with Crippen molar-refractivity contribution < 1.29 is 19.4 Å². The molecule has 86 valence electrons. The van der Waals surface area contributed by atoms with Gasteiger partial charge in [-0.05, 0) is 19.1 Å². The lowest BCUT2D eigenvalue weighted by Gasteiger charge is -2.23. The van der Waals surface area contributed by atoms with Gasteiger partial charge in [0.1, 0.15) is 0 Å². The summed E-state index contributed by atoms with van der Waals surface area (Å²) in [7, 11) is 0. The van der Waals surface area contributed by atoms with E-state index in [1.807, 2.05) is 0 Å². The number of ether oxygens (including phenoxy) is 2. The number of carbonyl (C=O) groups is 1. The van der Waals surface area contributed by atoms with Gasteiger partial charge in [-0.15, -0.1) is 0 Å². The summed E-state index contributed by atoms with van der Waals surface area (Å²) in [5.41, 5.74) is 0.843. The molecule has 0 amide bonds. The molecule has 1 N–H and O–H groups in total. The van der Waals surface area contributed by atoms with Crippen LogP contribution < -0.4 is 0 Å². The summed E-state index contributed by atoms with van der Waals surface area (Å²) in [6.45, 7) is 2.08. The fourth-order valence-corrected chi connectivity index (χ4v) is 1.74. The topological polar surface area (TPSA) is 68.7 Å². The minimum atomic E-state index is -0.882. The largest absolute Gasteiger partial charge is 0.481 e. The Balaban J connectivity index is 2.09. The van der Waals surface area contributed by atoms with Crippen molar-refractivity contribution in [3.63, 3.8) is 0 Å². The van der Waals surface area contributed by atoms with Crippen molar-refractivity contribution in [2.24, 2.45) is 0 Å².